The second-order valence-electron chi connectivity index (χ2n) is 13.3. The van der Waals surface area contributed by atoms with Crippen molar-refractivity contribution >= 4 is 0 Å². The lowest BCUT2D eigenvalue weighted by atomic mass is 9.93. The first kappa shape index (κ1) is 36.5. The Bertz CT molecular complexity index is 771. The number of likely N-dealkylation sites (tertiary alicyclic amines) is 3. The summed E-state index contributed by atoms with van der Waals surface area (Å²) in [5, 5.41) is 0. The van der Waals surface area contributed by atoms with Gasteiger partial charge in [-0.15, -0.1) is 0 Å². The first-order valence-electron chi connectivity index (χ1n) is 15.0. The van der Waals surface area contributed by atoms with Crippen LogP contribution in [0.3, 0.4) is 0 Å². The first-order chi connectivity index (χ1) is 17.1. The van der Waals surface area contributed by atoms with Gasteiger partial charge >= 0.3 is 0 Å². The van der Waals surface area contributed by atoms with E-state index in [1.807, 2.05) is 0 Å². The lowest BCUT2D eigenvalue weighted by Crippen LogP contribution is -2.57. The van der Waals surface area contributed by atoms with Crippen molar-refractivity contribution in [2.24, 2.45) is 17.8 Å². The van der Waals surface area contributed by atoms with E-state index in [2.05, 4.69) is 97.8 Å². The SMILES string of the molecule is C.CC(C)=C(C(C)C)N1CC(C)(F)C1.CC(C)=C(C(C)C)N1CCC1.CC(C)=C(C(C)C)N1CCCCC1. The van der Waals surface area contributed by atoms with Crippen LogP contribution in [0.4, 0.5) is 4.39 Å². The molecule has 0 atom stereocenters. The summed E-state index contributed by atoms with van der Waals surface area (Å²) >= 11 is 0. The number of nitrogens with zero attached hydrogens (tertiary/aromatic N) is 3. The Hall–Kier alpha value is -1.45. The van der Waals surface area contributed by atoms with E-state index in [9.17, 15) is 4.39 Å². The van der Waals surface area contributed by atoms with Gasteiger partial charge < -0.3 is 14.7 Å². The molecule has 0 N–H and O–H groups in total. The zero-order chi connectivity index (χ0) is 28.5. The fourth-order valence-electron chi connectivity index (χ4n) is 6.39. The van der Waals surface area contributed by atoms with Crippen molar-refractivity contribution < 1.29 is 4.39 Å². The van der Waals surface area contributed by atoms with Gasteiger partial charge in [-0.1, -0.05) is 65.7 Å². The van der Waals surface area contributed by atoms with Crippen LogP contribution in [0.25, 0.3) is 0 Å². The predicted octanol–water partition coefficient (Wildman–Crippen LogP) is 9.68. The van der Waals surface area contributed by atoms with Crippen LogP contribution in [0.2, 0.25) is 0 Å². The molecule has 224 valence electrons. The van der Waals surface area contributed by atoms with E-state index in [0.717, 1.165) is 0 Å². The monoisotopic (exact) mass is 536 g/mol. The van der Waals surface area contributed by atoms with Gasteiger partial charge in [0.25, 0.3) is 0 Å². The third-order valence-corrected chi connectivity index (χ3v) is 7.45. The van der Waals surface area contributed by atoms with Crippen LogP contribution in [-0.2, 0) is 0 Å². The Balaban J connectivity index is 0.000000536. The van der Waals surface area contributed by atoms with Crippen molar-refractivity contribution in [2.75, 3.05) is 39.3 Å². The Morgan fingerprint density at radius 1 is 0.526 bits per heavy atom. The van der Waals surface area contributed by atoms with Crippen LogP contribution >= 0.6 is 0 Å². The Labute approximate surface area is 238 Å². The van der Waals surface area contributed by atoms with Gasteiger partial charge in [0.15, 0.2) is 0 Å². The van der Waals surface area contributed by atoms with Crippen molar-refractivity contribution in [1.29, 1.82) is 0 Å². The molecule has 4 heteroatoms. The molecular formula is C34H66FN3. The Morgan fingerprint density at radius 3 is 1.03 bits per heavy atom. The van der Waals surface area contributed by atoms with Gasteiger partial charge in [0, 0.05) is 43.3 Å². The first-order valence-corrected chi connectivity index (χ1v) is 15.0. The zero-order valence-corrected chi connectivity index (χ0v) is 27.0. The van der Waals surface area contributed by atoms with Crippen LogP contribution in [-0.4, -0.2) is 59.6 Å². The third kappa shape index (κ3) is 11.3. The van der Waals surface area contributed by atoms with Crippen molar-refractivity contribution in [3.63, 3.8) is 0 Å². The third-order valence-electron chi connectivity index (χ3n) is 7.45. The van der Waals surface area contributed by atoms with Gasteiger partial charge in [0.2, 0.25) is 0 Å². The summed E-state index contributed by atoms with van der Waals surface area (Å²) < 4.78 is 13.3. The summed E-state index contributed by atoms with van der Waals surface area (Å²) in [6.07, 6.45) is 5.56. The topological polar surface area (TPSA) is 9.72 Å². The zero-order valence-electron chi connectivity index (χ0n) is 27.0. The molecular weight excluding hydrogens is 469 g/mol. The van der Waals surface area contributed by atoms with Crippen LogP contribution in [0.5, 0.6) is 0 Å². The van der Waals surface area contributed by atoms with Crippen molar-refractivity contribution in [3.8, 4) is 0 Å². The highest BCUT2D eigenvalue weighted by Gasteiger charge is 2.40. The highest BCUT2D eigenvalue weighted by Crippen LogP contribution is 2.32. The van der Waals surface area contributed by atoms with Crippen molar-refractivity contribution in [2.45, 2.75) is 129 Å². The number of alkyl halides is 1. The maximum Gasteiger partial charge on any atom is 0.142 e. The van der Waals surface area contributed by atoms with E-state index in [1.54, 1.807) is 18.3 Å². The molecule has 0 radical (unpaired) electrons. The summed E-state index contributed by atoms with van der Waals surface area (Å²) in [6, 6.07) is 0. The predicted molar refractivity (Wildman–Crippen MR) is 169 cm³/mol. The maximum absolute atomic E-state index is 13.3. The number of rotatable bonds is 6. The molecule has 0 amide bonds. The number of hydrogen-bond acceptors (Lipinski definition) is 3. The molecule has 0 aliphatic carbocycles. The average Bonchev–Trinajstić information content (AvgIpc) is 2.69. The molecule has 3 heterocycles. The molecule has 38 heavy (non-hydrogen) atoms. The molecule has 0 aromatic heterocycles. The van der Waals surface area contributed by atoms with E-state index in [0.29, 0.717) is 30.8 Å². The molecule has 0 bridgehead atoms. The van der Waals surface area contributed by atoms with Crippen LogP contribution in [0.15, 0.2) is 33.8 Å². The van der Waals surface area contributed by atoms with Crippen LogP contribution < -0.4 is 0 Å². The van der Waals surface area contributed by atoms with Crippen LogP contribution in [0.1, 0.15) is 123 Å². The smallest absolute Gasteiger partial charge is 0.142 e. The molecule has 0 spiro atoms. The van der Waals surface area contributed by atoms with Gasteiger partial charge in [-0.25, -0.2) is 4.39 Å². The van der Waals surface area contributed by atoms with E-state index in [1.165, 1.54) is 74.3 Å². The number of allylic oxidation sites excluding steroid dienone is 6. The van der Waals surface area contributed by atoms with E-state index in [-0.39, 0.29) is 7.43 Å². The largest absolute Gasteiger partial charge is 0.375 e. The average molecular weight is 536 g/mol. The highest BCUT2D eigenvalue weighted by atomic mass is 19.1. The molecule has 0 unspecified atom stereocenters. The number of piperidine rings is 1. The minimum atomic E-state index is -0.963. The van der Waals surface area contributed by atoms with Gasteiger partial charge in [-0.2, -0.15) is 0 Å². The second kappa shape index (κ2) is 16.6. The van der Waals surface area contributed by atoms with Crippen LogP contribution in [0, 0.1) is 17.8 Å². The normalized spacial score (nSPS) is 17.8. The standard InChI is InChI=1S/C12H23N.C11H20FN.C10H19N.CH4/c1-10(2)12(11(3)4)13-8-6-5-7-9-13;1-8(2)10(9(3)4)13-6-11(5,12)7-13;1-8(2)10(9(3)4)11-6-5-7-11;/h10H,5-9H2,1-4H3;8H,6-7H2,1-5H3;8H,5-7H2,1-4H3;1H4. The van der Waals surface area contributed by atoms with Gasteiger partial charge in [0.05, 0.1) is 13.1 Å². The Kier molecular flexibility index (Phi) is 16.0. The molecule has 0 aromatic rings. The molecule has 3 rings (SSSR count). The van der Waals surface area contributed by atoms with E-state index < -0.39 is 5.67 Å². The lowest BCUT2D eigenvalue weighted by Gasteiger charge is -2.46. The summed E-state index contributed by atoms with van der Waals surface area (Å²) in [5.41, 5.74) is 7.79. The van der Waals surface area contributed by atoms with Crippen molar-refractivity contribution in [1.82, 2.24) is 14.7 Å². The second-order valence-corrected chi connectivity index (χ2v) is 13.3. The fourth-order valence-corrected chi connectivity index (χ4v) is 6.39. The molecule has 3 aliphatic rings. The minimum absolute atomic E-state index is 0. The lowest BCUT2D eigenvalue weighted by molar-refractivity contribution is -0.0000625. The van der Waals surface area contributed by atoms with E-state index >= 15 is 0 Å². The van der Waals surface area contributed by atoms with Gasteiger partial charge in [0.1, 0.15) is 5.67 Å². The molecule has 3 aliphatic heterocycles. The molecule has 0 saturated carbocycles. The van der Waals surface area contributed by atoms with Crippen molar-refractivity contribution in [3.05, 3.63) is 33.8 Å². The summed E-state index contributed by atoms with van der Waals surface area (Å²) in [5.74, 6) is 1.88. The minimum Gasteiger partial charge on any atom is -0.375 e. The molecule has 0 aromatic carbocycles. The Morgan fingerprint density at radius 2 is 0.816 bits per heavy atom. The van der Waals surface area contributed by atoms with Gasteiger partial charge in [-0.3, -0.25) is 0 Å². The number of hydrogen-bond donors (Lipinski definition) is 0. The quantitative estimate of drug-likeness (QED) is 0.335. The van der Waals surface area contributed by atoms with E-state index in [4.69, 9.17) is 0 Å². The fraction of sp³-hybridized carbons (Fsp3) is 0.824. The summed E-state index contributed by atoms with van der Waals surface area (Å²) in [7, 11) is 0. The highest BCUT2D eigenvalue weighted by molar-refractivity contribution is 5.16. The molecule has 3 saturated heterocycles. The molecule has 3 nitrogen and oxygen atoms in total. The van der Waals surface area contributed by atoms with Gasteiger partial charge in [-0.05, 0) is 91.9 Å². The number of halogens is 1. The summed E-state index contributed by atoms with van der Waals surface area (Å²) in [4.78, 5) is 7.24. The summed E-state index contributed by atoms with van der Waals surface area (Å²) in [6.45, 7) is 34.5. The molecule has 3 fully saturated rings. The maximum atomic E-state index is 13.3.